The van der Waals surface area contributed by atoms with Gasteiger partial charge in [0.05, 0.1) is 35.6 Å². The normalized spacial score (nSPS) is 37.4. The summed E-state index contributed by atoms with van der Waals surface area (Å²) < 4.78 is 69.4. The molecule has 5 fully saturated rings. The molecule has 3 saturated heterocycles. The number of hydrogen-bond donors (Lipinski definition) is 0. The van der Waals surface area contributed by atoms with Crippen molar-refractivity contribution in [2.75, 3.05) is 44.4 Å². The largest absolute Gasteiger partial charge is 0.461 e. The zero-order valence-corrected chi connectivity index (χ0v) is 19.6. The fourth-order valence-corrected chi connectivity index (χ4v) is 6.76. The first-order valence-corrected chi connectivity index (χ1v) is 12.4. The van der Waals surface area contributed by atoms with Crippen molar-refractivity contribution in [3.63, 3.8) is 0 Å². The number of alkyl halides is 3. The first-order valence-electron chi connectivity index (χ1n) is 12.0. The standard InChI is InChI=1S/C23H24ClF4N5O2/c24-18-15(26)16-12(6-29-18)19(33-4-5-34-7-13-14(25)17(13)33)31-20(30-16)35-11-22-2-1-3-32(22)10-21(8-22)9-23(21,27)28/h6,13-14,17H,1-5,7-11H2/t13-,14-,17-,21?,22-/m0/s1. The summed E-state index contributed by atoms with van der Waals surface area (Å²) in [4.78, 5) is 16.6. The van der Waals surface area contributed by atoms with Gasteiger partial charge >= 0.3 is 6.01 Å². The number of rotatable bonds is 4. The molecule has 1 unspecified atom stereocenters. The van der Waals surface area contributed by atoms with E-state index in [9.17, 15) is 17.6 Å². The Balaban J connectivity index is 1.24. The highest BCUT2D eigenvalue weighted by molar-refractivity contribution is 6.30. The molecule has 2 aromatic heterocycles. The highest BCUT2D eigenvalue weighted by Crippen LogP contribution is 2.69. The van der Waals surface area contributed by atoms with Crippen LogP contribution in [0.4, 0.5) is 23.4 Å². The lowest BCUT2D eigenvalue weighted by Crippen LogP contribution is -2.43. The summed E-state index contributed by atoms with van der Waals surface area (Å²) in [6.45, 7) is 2.29. The van der Waals surface area contributed by atoms with E-state index in [1.807, 2.05) is 0 Å². The predicted molar refractivity (Wildman–Crippen MR) is 118 cm³/mol. The molecule has 7 nitrogen and oxygen atoms in total. The van der Waals surface area contributed by atoms with Crippen molar-refractivity contribution in [1.29, 1.82) is 0 Å². The summed E-state index contributed by atoms with van der Waals surface area (Å²) in [5, 5.41) is -0.0358. The summed E-state index contributed by atoms with van der Waals surface area (Å²) in [6.07, 6.45) is 2.22. The number of aromatic nitrogens is 3. The monoisotopic (exact) mass is 513 g/mol. The molecule has 5 atom stereocenters. The molecular formula is C23H24ClF4N5O2. The van der Waals surface area contributed by atoms with E-state index in [-0.39, 0.29) is 35.6 Å². The maximum absolute atomic E-state index is 15.0. The van der Waals surface area contributed by atoms with E-state index >= 15 is 0 Å². The molecule has 7 rings (SSSR count). The second-order valence-electron chi connectivity index (χ2n) is 10.7. The number of ether oxygens (including phenoxy) is 2. The summed E-state index contributed by atoms with van der Waals surface area (Å²) in [5.41, 5.74) is -1.56. The number of nitrogens with zero attached hydrogens (tertiary/aromatic N) is 5. The van der Waals surface area contributed by atoms with Crippen molar-refractivity contribution in [1.82, 2.24) is 19.9 Å². The SMILES string of the molecule is Fc1c(Cl)ncc2c(N3CCOC[C@H]4[C@H](F)[C@H]43)nc(OC[C@@]34CCCN3CC3(CC3(F)F)C4)nc12. The van der Waals surface area contributed by atoms with Crippen LogP contribution < -0.4 is 9.64 Å². The predicted octanol–water partition coefficient (Wildman–Crippen LogP) is 3.63. The lowest BCUT2D eigenvalue weighted by atomic mass is 9.89. The minimum Gasteiger partial charge on any atom is -0.461 e. The Bertz CT molecular complexity index is 1220. The molecule has 2 aliphatic carbocycles. The van der Waals surface area contributed by atoms with Gasteiger partial charge in [0.15, 0.2) is 11.0 Å². The Morgan fingerprint density at radius 2 is 2.06 bits per heavy atom. The molecule has 0 N–H and O–H groups in total. The molecule has 2 saturated carbocycles. The summed E-state index contributed by atoms with van der Waals surface area (Å²) in [7, 11) is 0. The van der Waals surface area contributed by atoms with Crippen molar-refractivity contribution in [3.05, 3.63) is 17.2 Å². The van der Waals surface area contributed by atoms with Gasteiger partial charge in [0.2, 0.25) is 0 Å². The van der Waals surface area contributed by atoms with Crippen LogP contribution in [0.25, 0.3) is 10.9 Å². The van der Waals surface area contributed by atoms with Crippen molar-refractivity contribution in [3.8, 4) is 6.01 Å². The van der Waals surface area contributed by atoms with Gasteiger partial charge in [-0.25, -0.2) is 22.5 Å². The average Bonchev–Trinajstić information content (AvgIpc) is 3.51. The van der Waals surface area contributed by atoms with Crippen LogP contribution in [0, 0.1) is 17.2 Å². The third-order valence-electron chi connectivity index (χ3n) is 8.64. The zero-order chi connectivity index (χ0) is 24.2. The van der Waals surface area contributed by atoms with Gasteiger partial charge in [0.1, 0.15) is 24.1 Å². The lowest BCUT2D eigenvalue weighted by molar-refractivity contribution is 0.0647. The minimum atomic E-state index is -2.64. The van der Waals surface area contributed by atoms with Crippen LogP contribution in [0.3, 0.4) is 0 Å². The first kappa shape index (κ1) is 22.2. The summed E-state index contributed by atoms with van der Waals surface area (Å²) >= 11 is 5.92. The van der Waals surface area contributed by atoms with Gasteiger partial charge in [-0.2, -0.15) is 9.97 Å². The van der Waals surface area contributed by atoms with Crippen LogP contribution in [-0.2, 0) is 4.74 Å². The van der Waals surface area contributed by atoms with Crippen LogP contribution >= 0.6 is 11.6 Å². The molecule has 5 aliphatic rings. The maximum Gasteiger partial charge on any atom is 0.319 e. The Kier molecular flexibility index (Phi) is 4.63. The second-order valence-corrected chi connectivity index (χ2v) is 11.1. The highest BCUT2D eigenvalue weighted by Gasteiger charge is 2.77. The maximum atomic E-state index is 15.0. The number of pyridine rings is 1. The first-order chi connectivity index (χ1) is 16.7. The van der Waals surface area contributed by atoms with Crippen molar-refractivity contribution in [2.45, 2.75) is 49.4 Å². The molecule has 188 valence electrons. The molecule has 1 spiro atoms. The molecule has 3 aliphatic heterocycles. The molecule has 5 heterocycles. The lowest BCUT2D eigenvalue weighted by Gasteiger charge is -2.31. The summed E-state index contributed by atoms with van der Waals surface area (Å²) in [5.74, 6) is -3.42. The molecule has 0 radical (unpaired) electrons. The van der Waals surface area contributed by atoms with Crippen molar-refractivity contribution < 1.29 is 27.0 Å². The Morgan fingerprint density at radius 1 is 1.23 bits per heavy atom. The minimum absolute atomic E-state index is 0.0693. The van der Waals surface area contributed by atoms with Crippen molar-refractivity contribution in [2.24, 2.45) is 11.3 Å². The number of anilines is 1. The molecule has 0 amide bonds. The van der Waals surface area contributed by atoms with Crippen LogP contribution in [0.5, 0.6) is 6.01 Å². The molecule has 2 aromatic rings. The van der Waals surface area contributed by atoms with Crippen LogP contribution in [0.1, 0.15) is 25.7 Å². The molecule has 12 heteroatoms. The number of halogens is 5. The van der Waals surface area contributed by atoms with Gasteiger partial charge in [0.25, 0.3) is 5.92 Å². The van der Waals surface area contributed by atoms with Crippen LogP contribution in [0.2, 0.25) is 5.15 Å². The third kappa shape index (κ3) is 3.20. The molecule has 35 heavy (non-hydrogen) atoms. The van der Waals surface area contributed by atoms with Crippen LogP contribution in [-0.4, -0.2) is 83.0 Å². The van der Waals surface area contributed by atoms with Gasteiger partial charge in [-0.15, -0.1) is 0 Å². The number of hydrogen-bond acceptors (Lipinski definition) is 7. The smallest absolute Gasteiger partial charge is 0.319 e. The van der Waals surface area contributed by atoms with Gasteiger partial charge in [-0.1, -0.05) is 11.6 Å². The van der Waals surface area contributed by atoms with Gasteiger partial charge in [0, 0.05) is 31.6 Å². The van der Waals surface area contributed by atoms with E-state index in [1.54, 1.807) is 4.90 Å². The van der Waals surface area contributed by atoms with Gasteiger partial charge in [-0.05, 0) is 25.8 Å². The van der Waals surface area contributed by atoms with E-state index in [0.717, 1.165) is 19.4 Å². The van der Waals surface area contributed by atoms with E-state index in [0.29, 0.717) is 43.9 Å². The zero-order valence-electron chi connectivity index (χ0n) is 18.8. The fraction of sp³-hybridized carbons (Fsp3) is 0.696. The van der Waals surface area contributed by atoms with Crippen molar-refractivity contribution >= 4 is 28.3 Å². The van der Waals surface area contributed by atoms with E-state index in [4.69, 9.17) is 21.1 Å². The van der Waals surface area contributed by atoms with Gasteiger partial charge < -0.3 is 14.4 Å². The van der Waals surface area contributed by atoms with Crippen LogP contribution in [0.15, 0.2) is 6.20 Å². The topological polar surface area (TPSA) is 63.6 Å². The second kappa shape index (κ2) is 7.29. The third-order valence-corrected chi connectivity index (χ3v) is 8.90. The van der Waals surface area contributed by atoms with E-state index < -0.39 is 34.9 Å². The molecular weight excluding hydrogens is 490 g/mol. The van der Waals surface area contributed by atoms with E-state index in [2.05, 4.69) is 19.9 Å². The van der Waals surface area contributed by atoms with Gasteiger partial charge in [-0.3, -0.25) is 4.90 Å². The Morgan fingerprint density at radius 3 is 2.86 bits per heavy atom. The fourth-order valence-electron chi connectivity index (χ4n) is 6.62. The number of fused-ring (bicyclic) bond motifs is 3. The summed E-state index contributed by atoms with van der Waals surface area (Å²) in [6, 6.07) is -0.519. The molecule has 0 bridgehead atoms. The Hall–Kier alpha value is -1.98. The molecule has 0 aromatic carbocycles. The van der Waals surface area contributed by atoms with E-state index in [1.165, 1.54) is 6.20 Å². The quantitative estimate of drug-likeness (QED) is 0.457. The average molecular weight is 514 g/mol. The Labute approximate surface area is 203 Å². The highest BCUT2D eigenvalue weighted by atomic mass is 35.5.